The van der Waals surface area contributed by atoms with Crippen LogP contribution in [0, 0.1) is 0 Å². The Morgan fingerprint density at radius 2 is 1.47 bits per heavy atom. The van der Waals surface area contributed by atoms with E-state index in [2.05, 4.69) is 201 Å². The standard InChI is InChI=1S/C54H42N2.C2H6/c1-6-10-13-28-50-48-34-39(30-32-52(48)55(50)43-26-16-12-17-27-43)38-29-31-51-46(33-38)47-35-49-45(36-53(47)56(51)42(20-7-2)21-8-3)44(9-4)37(5)54(49,41-24-18-19-25-41)40-22-14-11-15-23-40;1-2/h6-24,26-36H,1-2,4H2,3,5H3;1-2H3/b13-10-,21-8-,42-20+,50-28-;. The zero-order valence-electron chi connectivity index (χ0n) is 33.8. The topological polar surface area (TPSA) is 8.17 Å². The van der Waals surface area contributed by atoms with E-state index in [9.17, 15) is 0 Å². The highest BCUT2D eigenvalue weighted by Gasteiger charge is 2.47. The first-order valence-corrected chi connectivity index (χ1v) is 20.2. The SMILES string of the molecule is C=C/C=C\C=C1\c2cc(-c3ccc4c(c3)c3cc5c(cc3n4C(/C=C\C)=C/C=C)C(C=C)=C(C)C5(C3=C=CC=C3)c3ccccc3)ccc2N1c1ccccc1.CC. The van der Waals surface area contributed by atoms with Gasteiger partial charge in [-0.15, -0.1) is 5.73 Å². The smallest absolute Gasteiger partial charge is 0.0746 e. The van der Waals surface area contributed by atoms with Gasteiger partial charge in [-0.3, -0.25) is 0 Å². The first-order valence-electron chi connectivity index (χ1n) is 20.2. The van der Waals surface area contributed by atoms with Crippen LogP contribution in [0.3, 0.4) is 0 Å². The minimum Gasteiger partial charge on any atom is -0.309 e. The number of nitrogens with zero attached hydrogens (tertiary/aromatic N) is 2. The highest BCUT2D eigenvalue weighted by Crippen LogP contribution is 2.57. The summed E-state index contributed by atoms with van der Waals surface area (Å²) in [6.45, 7) is 20.6. The van der Waals surface area contributed by atoms with E-state index in [0.717, 1.165) is 39.3 Å². The second-order valence-electron chi connectivity index (χ2n) is 14.3. The predicted molar refractivity (Wildman–Crippen MR) is 252 cm³/mol. The van der Waals surface area contributed by atoms with Crippen molar-refractivity contribution in [3.8, 4) is 11.1 Å². The first kappa shape index (κ1) is 37.8. The fraction of sp³-hybridized carbons (Fsp3) is 0.0893. The molecule has 0 saturated heterocycles. The van der Waals surface area contributed by atoms with Crippen molar-refractivity contribution in [2.45, 2.75) is 33.1 Å². The van der Waals surface area contributed by atoms with Gasteiger partial charge in [-0.05, 0) is 132 Å². The lowest BCUT2D eigenvalue weighted by Gasteiger charge is -2.39. The largest absolute Gasteiger partial charge is 0.309 e. The third-order valence-corrected chi connectivity index (χ3v) is 11.5. The Kier molecular flexibility index (Phi) is 10.3. The summed E-state index contributed by atoms with van der Waals surface area (Å²) in [5.41, 5.74) is 20.7. The van der Waals surface area contributed by atoms with Gasteiger partial charge in [0.15, 0.2) is 0 Å². The van der Waals surface area contributed by atoms with E-state index in [1.165, 1.54) is 55.4 Å². The van der Waals surface area contributed by atoms with Gasteiger partial charge in [0.1, 0.15) is 0 Å². The van der Waals surface area contributed by atoms with Crippen LogP contribution in [0.25, 0.3) is 49.9 Å². The molecule has 1 aromatic heterocycles. The summed E-state index contributed by atoms with van der Waals surface area (Å²) in [6, 6.07) is 40.0. The molecule has 1 unspecified atom stereocenters. The van der Waals surface area contributed by atoms with Crippen LogP contribution in [-0.4, -0.2) is 4.57 Å². The lowest BCUT2D eigenvalue weighted by Crippen LogP contribution is -2.28. The molecule has 1 atom stereocenters. The lowest BCUT2D eigenvalue weighted by molar-refractivity contribution is 0.746. The molecule has 0 saturated carbocycles. The average Bonchev–Trinajstić information content (AvgIpc) is 3.97. The van der Waals surface area contributed by atoms with Crippen molar-refractivity contribution in [1.82, 2.24) is 4.57 Å². The Balaban J connectivity index is 0.00000231. The fourth-order valence-corrected chi connectivity index (χ4v) is 9.11. The summed E-state index contributed by atoms with van der Waals surface area (Å²) >= 11 is 0. The summed E-state index contributed by atoms with van der Waals surface area (Å²) in [6.07, 6.45) is 24.6. The van der Waals surface area contributed by atoms with Crippen LogP contribution in [0.2, 0.25) is 0 Å². The van der Waals surface area contributed by atoms with Gasteiger partial charge in [-0.1, -0.05) is 137 Å². The number of hydrogen-bond acceptors (Lipinski definition) is 1. The number of fused-ring (bicyclic) bond motifs is 5. The van der Waals surface area contributed by atoms with Crippen molar-refractivity contribution in [3.63, 3.8) is 0 Å². The number of hydrogen-bond donors (Lipinski definition) is 0. The van der Waals surface area contributed by atoms with Crippen LogP contribution in [0.15, 0.2) is 219 Å². The first-order chi connectivity index (χ1) is 28.5. The fourth-order valence-electron chi connectivity index (χ4n) is 9.11. The predicted octanol–water partition coefficient (Wildman–Crippen LogP) is 15.2. The number of rotatable bonds is 10. The van der Waals surface area contributed by atoms with Gasteiger partial charge in [0.25, 0.3) is 0 Å². The van der Waals surface area contributed by atoms with Gasteiger partial charge in [0.2, 0.25) is 0 Å². The van der Waals surface area contributed by atoms with Crippen molar-refractivity contribution in [3.05, 3.63) is 241 Å². The summed E-state index contributed by atoms with van der Waals surface area (Å²) < 4.78 is 2.38. The molecule has 3 aliphatic rings. The Bertz CT molecular complexity index is 2890. The van der Waals surface area contributed by atoms with E-state index in [-0.39, 0.29) is 0 Å². The lowest BCUT2D eigenvalue weighted by atomic mass is 9.67. The number of benzene rings is 5. The highest BCUT2D eigenvalue weighted by atomic mass is 15.2. The maximum absolute atomic E-state index is 4.36. The molecule has 9 rings (SSSR count). The van der Waals surface area contributed by atoms with Crippen LogP contribution < -0.4 is 4.90 Å². The van der Waals surface area contributed by atoms with Crippen LogP contribution in [0.1, 0.15) is 49.9 Å². The number of anilines is 2. The zero-order valence-corrected chi connectivity index (χ0v) is 33.8. The molecule has 2 aliphatic carbocycles. The summed E-state index contributed by atoms with van der Waals surface area (Å²) in [5.74, 6) is 0. The van der Waals surface area contributed by atoms with Crippen LogP contribution in [0.4, 0.5) is 11.4 Å². The molecular formula is C56H48N2. The van der Waals surface area contributed by atoms with Crippen molar-refractivity contribution >= 4 is 50.1 Å². The van der Waals surface area contributed by atoms with Crippen molar-refractivity contribution in [2.75, 3.05) is 4.90 Å². The van der Waals surface area contributed by atoms with Gasteiger partial charge < -0.3 is 9.47 Å². The maximum atomic E-state index is 4.36. The van der Waals surface area contributed by atoms with Crippen molar-refractivity contribution in [1.29, 1.82) is 0 Å². The summed E-state index contributed by atoms with van der Waals surface area (Å²) in [7, 11) is 0. The quantitative estimate of drug-likeness (QED) is 0.100. The molecule has 2 nitrogen and oxygen atoms in total. The molecule has 6 aromatic rings. The number of para-hydroxylation sites is 1. The molecule has 0 bridgehead atoms. The van der Waals surface area contributed by atoms with Gasteiger partial charge in [-0.25, -0.2) is 0 Å². The third-order valence-electron chi connectivity index (χ3n) is 11.5. The van der Waals surface area contributed by atoms with Gasteiger partial charge in [0, 0.05) is 33.3 Å². The summed E-state index contributed by atoms with van der Waals surface area (Å²) in [4.78, 5) is 2.31. The second kappa shape index (κ2) is 15.8. The summed E-state index contributed by atoms with van der Waals surface area (Å²) in [5, 5.41) is 2.38. The molecule has 0 spiro atoms. The monoisotopic (exact) mass is 748 g/mol. The van der Waals surface area contributed by atoms with E-state index in [1.807, 2.05) is 44.2 Å². The van der Waals surface area contributed by atoms with E-state index < -0.39 is 5.41 Å². The molecule has 0 N–H and O–H groups in total. The molecular weight excluding hydrogens is 701 g/mol. The van der Waals surface area contributed by atoms with E-state index in [1.54, 1.807) is 0 Å². The Morgan fingerprint density at radius 3 is 2.16 bits per heavy atom. The van der Waals surface area contributed by atoms with E-state index in [0.29, 0.717) is 0 Å². The third kappa shape index (κ3) is 5.81. The van der Waals surface area contributed by atoms with E-state index >= 15 is 0 Å². The molecule has 0 radical (unpaired) electrons. The molecule has 58 heavy (non-hydrogen) atoms. The average molecular weight is 749 g/mol. The highest BCUT2D eigenvalue weighted by molar-refractivity contribution is 6.14. The van der Waals surface area contributed by atoms with Crippen molar-refractivity contribution < 1.29 is 0 Å². The Morgan fingerprint density at radius 1 is 0.741 bits per heavy atom. The minimum atomic E-state index is -0.512. The molecule has 0 amide bonds. The van der Waals surface area contributed by atoms with Crippen LogP contribution >= 0.6 is 0 Å². The molecule has 1 aliphatic heterocycles. The molecule has 282 valence electrons. The second-order valence-corrected chi connectivity index (χ2v) is 14.3. The van der Waals surface area contributed by atoms with Crippen LogP contribution in [-0.2, 0) is 5.41 Å². The Labute approximate surface area is 343 Å². The maximum Gasteiger partial charge on any atom is 0.0746 e. The minimum absolute atomic E-state index is 0.512. The van der Waals surface area contributed by atoms with Gasteiger partial charge in [0.05, 0.1) is 27.8 Å². The Hall–Kier alpha value is -7.12. The van der Waals surface area contributed by atoms with Crippen molar-refractivity contribution in [2.24, 2.45) is 0 Å². The normalized spacial score (nSPS) is 17.5. The molecule has 0 fully saturated rings. The zero-order chi connectivity index (χ0) is 40.4. The van der Waals surface area contributed by atoms with Gasteiger partial charge in [-0.2, -0.15) is 0 Å². The number of aromatic nitrogens is 1. The number of allylic oxidation sites excluding steroid dienone is 15. The van der Waals surface area contributed by atoms with E-state index in [4.69, 9.17) is 0 Å². The molecule has 2 heteroatoms. The van der Waals surface area contributed by atoms with Crippen LogP contribution in [0.5, 0.6) is 0 Å². The molecule has 5 aromatic carbocycles. The molecule has 2 heterocycles. The van der Waals surface area contributed by atoms with Gasteiger partial charge >= 0.3 is 0 Å².